The topological polar surface area (TPSA) is 146 Å². The van der Waals surface area contributed by atoms with Crippen molar-refractivity contribution in [2.45, 2.75) is 0 Å². The first-order chi connectivity index (χ1) is 22.1. The highest BCUT2D eigenvalue weighted by Gasteiger charge is 2.11. The zero-order chi connectivity index (χ0) is 30.8. The molecule has 2 aromatic carbocycles. The van der Waals surface area contributed by atoms with Crippen LogP contribution in [0.4, 0.5) is 11.5 Å². The van der Waals surface area contributed by atoms with Crippen molar-refractivity contribution < 1.29 is 0 Å². The fraction of sp³-hybridized carbons (Fsp3) is 0. The molecule has 45 heavy (non-hydrogen) atoms. The third-order valence-electron chi connectivity index (χ3n) is 6.44. The summed E-state index contributed by atoms with van der Waals surface area (Å²) in [5.74, 6) is 2.10. The van der Waals surface area contributed by atoms with Crippen molar-refractivity contribution in [2.75, 3.05) is 5.32 Å². The molecule has 0 aliphatic carbocycles. The van der Waals surface area contributed by atoms with Crippen LogP contribution < -0.4 is 11.1 Å². The second kappa shape index (κ2) is 13.8. The fourth-order valence-electron chi connectivity index (χ4n) is 4.27. The second-order valence-electron chi connectivity index (χ2n) is 9.50. The maximum atomic E-state index is 6.08. The van der Waals surface area contributed by atoms with Crippen molar-refractivity contribution in [3.63, 3.8) is 0 Å². The molecule has 0 fully saturated rings. The molecule has 0 amide bonds. The van der Waals surface area contributed by atoms with Crippen LogP contribution in [0.1, 0.15) is 0 Å². The van der Waals surface area contributed by atoms with Crippen LogP contribution in [0.5, 0.6) is 0 Å². The molecule has 8 rings (SSSR count). The number of nitrogens with zero attached hydrogens (tertiary/aromatic N) is 6. The first-order valence-corrected chi connectivity index (χ1v) is 14.2. The van der Waals surface area contributed by atoms with E-state index in [1.165, 1.54) is 6.21 Å². The number of allylic oxidation sites excluding steroid dienone is 2. The lowest BCUT2D eigenvalue weighted by molar-refractivity contribution is 1.20. The zero-order valence-corrected chi connectivity index (χ0v) is 24.5. The molecule has 0 saturated heterocycles. The number of aliphatic imine (C=N–C) groups is 1. The standard InChI is InChI=1S/C17H13N5.C12H8ClN3.C5H5N2/c1-2-4-12(5-3-1)15-21-16-14(8-11-19-16)17(22-15)20-13-6-9-18-10-7-13;13-10-9-6-7-14-12(9)16-11(15-10)8-4-2-1-3-5-8;6-5-1-3-7-4-2-5/h1-11H,(H2,18,19,20,21,22);1-7H,(H,14,15,16);1,3-4H,(H2,6,7)/q;;+1. The average molecular weight is 610 g/mol. The lowest BCUT2D eigenvalue weighted by Crippen LogP contribution is -1.98. The summed E-state index contributed by atoms with van der Waals surface area (Å²) in [5.41, 5.74) is 10.4. The Bertz CT molecular complexity index is 2100. The van der Waals surface area contributed by atoms with Crippen LogP contribution in [-0.2, 0) is 0 Å². The van der Waals surface area contributed by atoms with Crippen molar-refractivity contribution >= 4 is 51.4 Å². The molecule has 1 aliphatic heterocycles. The van der Waals surface area contributed by atoms with E-state index in [2.05, 4.69) is 51.3 Å². The van der Waals surface area contributed by atoms with Gasteiger partial charge in [0.2, 0.25) is 0 Å². The van der Waals surface area contributed by atoms with Crippen LogP contribution >= 0.6 is 11.6 Å². The van der Waals surface area contributed by atoms with Gasteiger partial charge in [-0.2, -0.15) is 0 Å². The molecule has 11 heteroatoms. The fourth-order valence-corrected chi connectivity index (χ4v) is 4.50. The van der Waals surface area contributed by atoms with Crippen LogP contribution in [-0.4, -0.2) is 41.1 Å². The van der Waals surface area contributed by atoms with E-state index in [4.69, 9.17) is 17.3 Å². The minimum Gasteiger partial charge on any atom is -0.357 e. The van der Waals surface area contributed by atoms with Gasteiger partial charge < -0.3 is 21.0 Å². The van der Waals surface area contributed by atoms with Gasteiger partial charge in [-0.05, 0) is 24.3 Å². The van der Waals surface area contributed by atoms with Gasteiger partial charge in [0, 0.05) is 41.6 Å². The number of halogens is 1. The van der Waals surface area contributed by atoms with Gasteiger partial charge in [0.05, 0.1) is 10.8 Å². The Labute approximate surface area is 263 Å². The molecular weight excluding hydrogens is 584 g/mol. The van der Waals surface area contributed by atoms with E-state index in [-0.39, 0.29) is 0 Å². The second-order valence-corrected chi connectivity index (χ2v) is 9.86. The van der Waals surface area contributed by atoms with Crippen molar-refractivity contribution in [1.82, 2.24) is 34.9 Å². The summed E-state index contributed by atoms with van der Waals surface area (Å²) in [6.45, 7) is 0. The van der Waals surface area contributed by atoms with Crippen molar-refractivity contribution in [1.29, 1.82) is 0 Å². The van der Waals surface area contributed by atoms with Gasteiger partial charge in [0.15, 0.2) is 17.9 Å². The lowest BCUT2D eigenvalue weighted by atomic mass is 10.2. The van der Waals surface area contributed by atoms with Gasteiger partial charge in [-0.25, -0.2) is 24.9 Å². The number of nitrogens with one attached hydrogen (secondary N) is 3. The maximum absolute atomic E-state index is 6.08. The highest BCUT2D eigenvalue weighted by atomic mass is 35.5. The first kappa shape index (κ1) is 28.9. The molecule has 0 atom stereocenters. The number of fused-ring (bicyclic) bond motifs is 2. The molecule has 5 N–H and O–H groups in total. The monoisotopic (exact) mass is 609 g/mol. The Morgan fingerprint density at radius 1 is 0.689 bits per heavy atom. The zero-order valence-electron chi connectivity index (χ0n) is 23.8. The van der Waals surface area contributed by atoms with E-state index in [1.807, 2.05) is 91.1 Å². The van der Waals surface area contributed by atoms with Crippen LogP contribution in [0.25, 0.3) is 44.8 Å². The molecule has 6 heterocycles. The molecule has 0 bridgehead atoms. The highest BCUT2D eigenvalue weighted by Crippen LogP contribution is 2.27. The molecule has 0 unspecified atom stereocenters. The molecule has 218 valence electrons. The summed E-state index contributed by atoms with van der Waals surface area (Å²) >= 11 is 6.08. The van der Waals surface area contributed by atoms with Crippen LogP contribution in [0.2, 0.25) is 5.15 Å². The highest BCUT2D eigenvalue weighted by molar-refractivity contribution is 6.34. The third kappa shape index (κ3) is 7.23. The molecule has 0 spiro atoms. The quantitative estimate of drug-likeness (QED) is 0.121. The van der Waals surface area contributed by atoms with Gasteiger partial charge in [-0.15, -0.1) is 0 Å². The number of rotatable bonds is 4. The minimum absolute atomic E-state index is 0.477. The molecule has 10 nitrogen and oxygen atoms in total. The van der Waals surface area contributed by atoms with Crippen molar-refractivity contribution in [3.8, 4) is 22.8 Å². The number of benzene rings is 2. The molecule has 1 aliphatic rings. The van der Waals surface area contributed by atoms with E-state index in [0.717, 1.165) is 44.7 Å². The number of hydrogen-bond donors (Lipinski definition) is 4. The number of nitrogens with two attached hydrogens (primary N) is 1. The summed E-state index contributed by atoms with van der Waals surface area (Å²) in [7, 11) is 0. The Balaban J connectivity index is 0.000000135. The minimum atomic E-state index is 0.477. The summed E-state index contributed by atoms with van der Waals surface area (Å²) in [4.78, 5) is 31.9. The first-order valence-electron chi connectivity index (χ1n) is 13.8. The third-order valence-corrected chi connectivity index (χ3v) is 6.73. The van der Waals surface area contributed by atoms with Gasteiger partial charge in [-0.1, -0.05) is 72.3 Å². The molecule has 0 saturated carbocycles. The number of hydrogen-bond acceptors (Lipinski definition) is 8. The van der Waals surface area contributed by atoms with Gasteiger partial charge in [-0.3, -0.25) is 4.98 Å². The van der Waals surface area contributed by atoms with Gasteiger partial charge >= 0.3 is 0 Å². The average Bonchev–Trinajstić information content (AvgIpc) is 3.78. The largest absolute Gasteiger partial charge is 0.357 e. The van der Waals surface area contributed by atoms with Gasteiger partial charge in [0.1, 0.15) is 40.6 Å². The number of aromatic amines is 2. The number of pyridine rings is 1. The summed E-state index contributed by atoms with van der Waals surface area (Å²) in [5, 5.41) is 5.61. The predicted octanol–water partition coefficient (Wildman–Crippen LogP) is 7.27. The van der Waals surface area contributed by atoms with E-state index in [0.29, 0.717) is 22.5 Å². The molecule has 7 aromatic rings. The Morgan fingerprint density at radius 2 is 1.29 bits per heavy atom. The summed E-state index contributed by atoms with van der Waals surface area (Å²) < 4.78 is 0. The number of H-pyrrole nitrogens is 2. The Morgan fingerprint density at radius 3 is 1.87 bits per heavy atom. The Hall–Kier alpha value is -6.22. The van der Waals surface area contributed by atoms with Crippen LogP contribution in [0, 0.1) is 6.08 Å². The molecule has 5 aromatic heterocycles. The van der Waals surface area contributed by atoms with Crippen molar-refractivity contribution in [2.24, 2.45) is 10.7 Å². The lowest BCUT2D eigenvalue weighted by Gasteiger charge is -2.08. The van der Waals surface area contributed by atoms with E-state index < -0.39 is 0 Å². The summed E-state index contributed by atoms with van der Waals surface area (Å²) in [6.07, 6.45) is 14.7. The van der Waals surface area contributed by atoms with Gasteiger partial charge in [0.25, 0.3) is 5.70 Å². The van der Waals surface area contributed by atoms with Crippen LogP contribution in [0.15, 0.2) is 133 Å². The molecule has 0 radical (unpaired) electrons. The van der Waals surface area contributed by atoms with Crippen LogP contribution in [0.3, 0.4) is 0 Å². The maximum Gasteiger partial charge on any atom is 0.262 e. The van der Waals surface area contributed by atoms with E-state index >= 15 is 0 Å². The number of aromatic nitrogens is 7. The molecular formula is C34H26ClN10+. The van der Waals surface area contributed by atoms with E-state index in [1.54, 1.807) is 30.9 Å². The van der Waals surface area contributed by atoms with Crippen molar-refractivity contribution in [3.05, 3.63) is 139 Å². The summed E-state index contributed by atoms with van der Waals surface area (Å²) in [6, 6.07) is 27.4. The SMILES string of the molecule is Clc1nc(-c2ccccc2)nc2[nH]ccc12.NC1=[C+]C=NC=C1.c1ccc(-c2nc(Nc3ccncc3)c3cc[nH]c3n2)cc1. The smallest absolute Gasteiger partial charge is 0.262 e. The normalized spacial score (nSPS) is 11.5. The predicted molar refractivity (Wildman–Crippen MR) is 180 cm³/mol. The Kier molecular flexibility index (Phi) is 8.88. The number of anilines is 2. The van der Waals surface area contributed by atoms with E-state index in [9.17, 15) is 0 Å².